The van der Waals surface area contributed by atoms with Crippen LogP contribution in [0.5, 0.6) is 0 Å². The Morgan fingerprint density at radius 3 is 2.86 bits per heavy atom. The second-order valence-corrected chi connectivity index (χ2v) is 4.53. The second-order valence-electron chi connectivity index (χ2n) is 4.53. The van der Waals surface area contributed by atoms with Gasteiger partial charge in [0.15, 0.2) is 5.82 Å². The zero-order valence-electron chi connectivity index (χ0n) is 8.40. The fraction of sp³-hybridized carbons (Fsp3) is 0.778. The van der Waals surface area contributed by atoms with Gasteiger partial charge in [0.05, 0.1) is 12.6 Å². The number of nitrogens with two attached hydrogens (primary N) is 1. The molecular weight excluding hydrogens is 182 g/mol. The average molecular weight is 197 g/mol. The first kappa shape index (κ1) is 9.61. The summed E-state index contributed by atoms with van der Waals surface area (Å²) in [5.41, 5.74) is 5.83. The average Bonchev–Trinajstić information content (AvgIpc) is 2.64. The molecule has 1 saturated carbocycles. The van der Waals surface area contributed by atoms with Gasteiger partial charge in [0.25, 0.3) is 0 Å². The van der Waals surface area contributed by atoms with E-state index in [4.69, 9.17) is 15.4 Å². The summed E-state index contributed by atoms with van der Waals surface area (Å²) in [6.07, 6.45) is 1.07. The molecule has 5 nitrogen and oxygen atoms in total. The molecule has 0 aromatic carbocycles. The monoisotopic (exact) mass is 197 g/mol. The van der Waals surface area contributed by atoms with Gasteiger partial charge in [0.1, 0.15) is 0 Å². The highest BCUT2D eigenvalue weighted by Gasteiger charge is 2.50. The smallest absolute Gasteiger partial charge is 0.230 e. The normalized spacial score (nSPS) is 26.1. The van der Waals surface area contributed by atoms with E-state index < -0.39 is 6.04 Å². The van der Waals surface area contributed by atoms with Gasteiger partial charge in [-0.25, -0.2) is 0 Å². The molecule has 0 aliphatic heterocycles. The van der Waals surface area contributed by atoms with Gasteiger partial charge in [-0.15, -0.1) is 0 Å². The molecule has 2 atom stereocenters. The van der Waals surface area contributed by atoms with E-state index in [2.05, 4.69) is 24.0 Å². The molecule has 3 N–H and O–H groups in total. The number of nitrogens with zero attached hydrogens (tertiary/aromatic N) is 2. The Morgan fingerprint density at radius 2 is 2.36 bits per heavy atom. The molecule has 1 aliphatic rings. The van der Waals surface area contributed by atoms with Crippen molar-refractivity contribution in [1.82, 2.24) is 10.1 Å². The maximum atomic E-state index is 8.81. The minimum Gasteiger partial charge on any atom is -0.394 e. The maximum Gasteiger partial charge on any atom is 0.230 e. The third kappa shape index (κ3) is 1.53. The Balaban J connectivity index is 2.11. The lowest BCUT2D eigenvalue weighted by Gasteiger charge is -1.99. The number of hydrogen-bond donors (Lipinski definition) is 2. The Hall–Kier alpha value is -0.940. The highest BCUT2D eigenvalue weighted by Crippen LogP contribution is 2.58. The van der Waals surface area contributed by atoms with Crippen molar-refractivity contribution in [2.75, 3.05) is 6.61 Å². The van der Waals surface area contributed by atoms with Crippen LogP contribution in [0.25, 0.3) is 0 Å². The summed E-state index contributed by atoms with van der Waals surface area (Å²) in [6.45, 7) is 4.16. The Morgan fingerprint density at radius 1 is 1.71 bits per heavy atom. The van der Waals surface area contributed by atoms with Gasteiger partial charge in [-0.05, 0) is 11.8 Å². The lowest BCUT2D eigenvalue weighted by atomic mass is 10.1. The number of aliphatic hydroxyl groups excluding tert-OH is 1. The van der Waals surface area contributed by atoms with E-state index in [9.17, 15) is 0 Å². The lowest BCUT2D eigenvalue weighted by Crippen LogP contribution is -2.16. The zero-order chi connectivity index (χ0) is 10.3. The summed E-state index contributed by atoms with van der Waals surface area (Å²) in [7, 11) is 0. The first-order valence-electron chi connectivity index (χ1n) is 4.74. The molecule has 2 rings (SSSR count). The number of aromatic nitrogens is 2. The zero-order valence-corrected chi connectivity index (χ0v) is 8.40. The van der Waals surface area contributed by atoms with Gasteiger partial charge in [0.2, 0.25) is 5.89 Å². The van der Waals surface area contributed by atoms with Crippen LogP contribution < -0.4 is 5.73 Å². The molecule has 0 saturated heterocycles. The molecule has 1 aromatic rings. The van der Waals surface area contributed by atoms with Crippen LogP contribution in [0.1, 0.15) is 43.9 Å². The second kappa shape index (κ2) is 3.03. The summed E-state index contributed by atoms with van der Waals surface area (Å²) in [5, 5.41) is 12.6. The van der Waals surface area contributed by atoms with Gasteiger partial charge in [-0.2, -0.15) is 4.98 Å². The van der Waals surface area contributed by atoms with Gasteiger partial charge < -0.3 is 15.4 Å². The molecule has 1 aliphatic carbocycles. The van der Waals surface area contributed by atoms with Gasteiger partial charge in [-0.3, -0.25) is 0 Å². The van der Waals surface area contributed by atoms with E-state index in [0.29, 0.717) is 17.6 Å². The molecular formula is C9H15N3O2. The van der Waals surface area contributed by atoms with Crippen molar-refractivity contribution in [3.63, 3.8) is 0 Å². The predicted molar refractivity (Wildman–Crippen MR) is 49.5 cm³/mol. The molecule has 1 fully saturated rings. The fourth-order valence-corrected chi connectivity index (χ4v) is 1.51. The molecule has 0 amide bonds. The summed E-state index contributed by atoms with van der Waals surface area (Å²) in [5.74, 6) is 1.40. The van der Waals surface area contributed by atoms with Crippen molar-refractivity contribution >= 4 is 0 Å². The van der Waals surface area contributed by atoms with Gasteiger partial charge in [0, 0.05) is 5.92 Å². The number of hydrogen-bond acceptors (Lipinski definition) is 5. The van der Waals surface area contributed by atoms with Crippen LogP contribution in [-0.4, -0.2) is 21.9 Å². The van der Waals surface area contributed by atoms with Crippen LogP contribution in [0.15, 0.2) is 4.52 Å². The summed E-state index contributed by atoms with van der Waals surface area (Å²) >= 11 is 0. The van der Waals surface area contributed by atoms with Crippen molar-refractivity contribution in [2.24, 2.45) is 11.1 Å². The van der Waals surface area contributed by atoms with Crippen LogP contribution in [-0.2, 0) is 0 Å². The standard InChI is InChI=1S/C9H15N3O2/c1-9(2)3-5(9)8-11-7(12-14-8)6(10)4-13/h5-6,13H,3-4,10H2,1-2H3. The van der Waals surface area contributed by atoms with Crippen LogP contribution in [0.4, 0.5) is 0 Å². The minimum atomic E-state index is -0.533. The summed E-state index contributed by atoms with van der Waals surface area (Å²) in [6, 6.07) is -0.533. The molecule has 0 bridgehead atoms. The van der Waals surface area contributed by atoms with Crippen LogP contribution in [0, 0.1) is 5.41 Å². The molecule has 2 unspecified atom stereocenters. The number of aliphatic hydroxyl groups is 1. The molecule has 1 heterocycles. The first-order chi connectivity index (χ1) is 6.54. The summed E-state index contributed by atoms with van der Waals surface area (Å²) < 4.78 is 5.09. The molecule has 0 radical (unpaired) electrons. The van der Waals surface area contributed by atoms with Crippen molar-refractivity contribution in [1.29, 1.82) is 0 Å². The molecule has 14 heavy (non-hydrogen) atoms. The lowest BCUT2D eigenvalue weighted by molar-refractivity contribution is 0.259. The van der Waals surface area contributed by atoms with Crippen molar-refractivity contribution in [3.8, 4) is 0 Å². The van der Waals surface area contributed by atoms with E-state index >= 15 is 0 Å². The largest absolute Gasteiger partial charge is 0.394 e. The highest BCUT2D eigenvalue weighted by atomic mass is 16.5. The van der Waals surface area contributed by atoms with Crippen molar-refractivity contribution < 1.29 is 9.63 Å². The molecule has 5 heteroatoms. The Bertz CT molecular complexity index is 335. The van der Waals surface area contributed by atoms with Crippen LogP contribution in [0.3, 0.4) is 0 Å². The number of rotatable bonds is 3. The fourth-order valence-electron chi connectivity index (χ4n) is 1.51. The van der Waals surface area contributed by atoms with Crippen molar-refractivity contribution in [2.45, 2.75) is 32.2 Å². The van der Waals surface area contributed by atoms with E-state index in [0.717, 1.165) is 6.42 Å². The predicted octanol–water partition coefficient (Wildman–Crippen LogP) is 0.575. The quantitative estimate of drug-likeness (QED) is 0.740. The molecule has 78 valence electrons. The van der Waals surface area contributed by atoms with Gasteiger partial charge >= 0.3 is 0 Å². The molecule has 0 spiro atoms. The van der Waals surface area contributed by atoms with Crippen molar-refractivity contribution in [3.05, 3.63) is 11.7 Å². The Labute approximate surface area is 82.3 Å². The highest BCUT2D eigenvalue weighted by molar-refractivity contribution is 5.13. The summed E-state index contributed by atoms with van der Waals surface area (Å²) in [4.78, 5) is 4.18. The minimum absolute atomic E-state index is 0.160. The third-order valence-electron chi connectivity index (χ3n) is 2.80. The van der Waals surface area contributed by atoms with E-state index in [-0.39, 0.29) is 12.0 Å². The topological polar surface area (TPSA) is 85.2 Å². The maximum absolute atomic E-state index is 8.81. The van der Waals surface area contributed by atoms with E-state index in [1.165, 1.54) is 0 Å². The molecule has 1 aromatic heterocycles. The van der Waals surface area contributed by atoms with E-state index in [1.54, 1.807) is 0 Å². The third-order valence-corrected chi connectivity index (χ3v) is 2.80. The first-order valence-corrected chi connectivity index (χ1v) is 4.74. The van der Waals surface area contributed by atoms with E-state index in [1.807, 2.05) is 0 Å². The van der Waals surface area contributed by atoms with Crippen LogP contribution >= 0.6 is 0 Å². The van der Waals surface area contributed by atoms with Crippen LogP contribution in [0.2, 0.25) is 0 Å². The SMILES string of the molecule is CC1(C)CC1c1nc(C(N)CO)no1. The van der Waals surface area contributed by atoms with Gasteiger partial charge in [-0.1, -0.05) is 19.0 Å². The Kier molecular flexibility index (Phi) is 2.08.